The van der Waals surface area contributed by atoms with E-state index in [1.807, 2.05) is 0 Å². The third-order valence-corrected chi connectivity index (χ3v) is 5.78. The van der Waals surface area contributed by atoms with Crippen LogP contribution in [0.4, 0.5) is 4.39 Å². The minimum atomic E-state index is -3.41. The van der Waals surface area contributed by atoms with Crippen molar-refractivity contribution < 1.29 is 12.8 Å². The molecule has 1 aromatic rings. The van der Waals surface area contributed by atoms with E-state index in [1.165, 1.54) is 18.2 Å². The molecule has 0 bridgehead atoms. The molecule has 0 aliphatic heterocycles. The summed E-state index contributed by atoms with van der Waals surface area (Å²) in [6.07, 6.45) is 1.20. The topological polar surface area (TPSA) is 60.2 Å². The third kappa shape index (κ3) is 1.55. The van der Waals surface area contributed by atoms with Gasteiger partial charge in [0.25, 0.3) is 0 Å². The molecule has 1 fully saturated rings. The molecular formula is C11H14FNO2S. The molecular weight excluding hydrogens is 229 g/mol. The minimum absolute atomic E-state index is 0.131. The lowest BCUT2D eigenvalue weighted by Gasteiger charge is -2.14. The van der Waals surface area contributed by atoms with Gasteiger partial charge in [0.1, 0.15) is 5.82 Å². The van der Waals surface area contributed by atoms with Crippen LogP contribution in [-0.4, -0.2) is 19.7 Å². The van der Waals surface area contributed by atoms with Gasteiger partial charge in [0.2, 0.25) is 0 Å². The van der Waals surface area contributed by atoms with Gasteiger partial charge >= 0.3 is 0 Å². The Morgan fingerprint density at radius 2 is 2.06 bits per heavy atom. The Labute approximate surface area is 94.4 Å². The molecule has 16 heavy (non-hydrogen) atoms. The first-order chi connectivity index (χ1) is 7.43. The van der Waals surface area contributed by atoms with Gasteiger partial charge in [0.05, 0.1) is 9.64 Å². The lowest BCUT2D eigenvalue weighted by Crippen LogP contribution is -2.31. The largest absolute Gasteiger partial charge is 0.329 e. The van der Waals surface area contributed by atoms with E-state index in [2.05, 4.69) is 0 Å². The van der Waals surface area contributed by atoms with E-state index in [0.717, 1.165) is 0 Å². The maximum absolute atomic E-state index is 13.1. The Balaban J connectivity index is 2.48. The summed E-state index contributed by atoms with van der Waals surface area (Å²) in [6, 6.07) is 3.88. The zero-order valence-electron chi connectivity index (χ0n) is 9.03. The first-order valence-electron chi connectivity index (χ1n) is 5.14. The first kappa shape index (κ1) is 11.5. The molecule has 5 heteroatoms. The molecule has 1 aliphatic rings. The summed E-state index contributed by atoms with van der Waals surface area (Å²) in [5.74, 6) is -0.392. The fourth-order valence-electron chi connectivity index (χ4n) is 1.76. The Hall–Kier alpha value is -0.940. The van der Waals surface area contributed by atoms with Crippen molar-refractivity contribution in [1.29, 1.82) is 0 Å². The van der Waals surface area contributed by atoms with Gasteiger partial charge in [-0.3, -0.25) is 0 Å². The second kappa shape index (κ2) is 3.53. The molecule has 0 atom stereocenters. The number of hydrogen-bond donors (Lipinski definition) is 1. The molecule has 3 nitrogen and oxygen atoms in total. The highest BCUT2D eigenvalue weighted by Crippen LogP contribution is 2.45. The molecule has 0 saturated heterocycles. The molecule has 0 spiro atoms. The van der Waals surface area contributed by atoms with E-state index in [-0.39, 0.29) is 11.4 Å². The first-order valence-corrected chi connectivity index (χ1v) is 6.62. The molecule has 0 heterocycles. The van der Waals surface area contributed by atoms with Gasteiger partial charge in [-0.05, 0) is 43.5 Å². The molecule has 88 valence electrons. The molecule has 0 amide bonds. The zero-order valence-corrected chi connectivity index (χ0v) is 9.85. The lowest BCUT2D eigenvalue weighted by atomic mass is 10.2. The van der Waals surface area contributed by atoms with Gasteiger partial charge < -0.3 is 5.73 Å². The molecule has 2 N–H and O–H groups in total. The smallest absolute Gasteiger partial charge is 0.185 e. The van der Waals surface area contributed by atoms with Gasteiger partial charge in [-0.15, -0.1) is 0 Å². The Morgan fingerprint density at radius 1 is 1.44 bits per heavy atom. The second-order valence-electron chi connectivity index (χ2n) is 4.30. The highest BCUT2D eigenvalue weighted by molar-refractivity contribution is 7.93. The summed E-state index contributed by atoms with van der Waals surface area (Å²) in [6.45, 7) is 1.68. The van der Waals surface area contributed by atoms with Gasteiger partial charge in [-0.2, -0.15) is 0 Å². The summed E-state index contributed by atoms with van der Waals surface area (Å²) in [5.41, 5.74) is 5.85. The second-order valence-corrected chi connectivity index (χ2v) is 6.65. The van der Waals surface area contributed by atoms with E-state index < -0.39 is 20.4 Å². The third-order valence-electron chi connectivity index (χ3n) is 3.19. The number of hydrogen-bond acceptors (Lipinski definition) is 3. The number of rotatable bonds is 3. The van der Waals surface area contributed by atoms with Crippen molar-refractivity contribution in [3.63, 3.8) is 0 Å². The average Bonchev–Trinajstić information content (AvgIpc) is 3.02. The standard InChI is InChI=1S/C11H14FNO2S/c1-8-6-9(2-3-10(8)12)16(14,15)11(7-13)4-5-11/h2-3,6H,4-5,7,13H2,1H3. The molecule has 0 aromatic heterocycles. The van der Waals surface area contributed by atoms with Gasteiger partial charge in [-0.25, -0.2) is 12.8 Å². The summed E-state index contributed by atoms with van der Waals surface area (Å²) < 4.78 is 36.7. The van der Waals surface area contributed by atoms with Crippen molar-refractivity contribution in [2.45, 2.75) is 29.4 Å². The summed E-state index contributed by atoms with van der Waals surface area (Å²) in [4.78, 5) is 0.175. The molecule has 1 saturated carbocycles. The predicted octanol–water partition coefficient (Wildman–Crippen LogP) is 1.40. The zero-order chi connectivity index (χ0) is 12.0. The molecule has 0 radical (unpaired) electrons. The normalized spacial score (nSPS) is 18.4. The van der Waals surface area contributed by atoms with Crippen LogP contribution in [0.2, 0.25) is 0 Å². The SMILES string of the molecule is Cc1cc(S(=O)(=O)C2(CN)CC2)ccc1F. The fraction of sp³-hybridized carbons (Fsp3) is 0.455. The maximum Gasteiger partial charge on any atom is 0.185 e. The molecule has 2 rings (SSSR count). The van der Waals surface area contributed by atoms with Crippen molar-refractivity contribution in [2.75, 3.05) is 6.54 Å². The van der Waals surface area contributed by atoms with Crippen LogP contribution < -0.4 is 5.73 Å². The van der Waals surface area contributed by atoms with Crippen LogP contribution in [0.3, 0.4) is 0 Å². The van der Waals surface area contributed by atoms with Crippen LogP contribution in [-0.2, 0) is 9.84 Å². The Bertz CT molecular complexity index is 521. The highest BCUT2D eigenvalue weighted by Gasteiger charge is 2.53. The van der Waals surface area contributed by atoms with Gasteiger partial charge in [0.15, 0.2) is 9.84 Å². The maximum atomic E-state index is 13.1. The summed E-state index contributed by atoms with van der Waals surface area (Å²) in [5, 5.41) is 0. The van der Waals surface area contributed by atoms with Crippen molar-refractivity contribution in [3.05, 3.63) is 29.6 Å². The van der Waals surface area contributed by atoms with Crippen LogP contribution >= 0.6 is 0 Å². The quantitative estimate of drug-likeness (QED) is 0.816. The van der Waals surface area contributed by atoms with Crippen LogP contribution in [0, 0.1) is 12.7 Å². The number of nitrogens with two attached hydrogens (primary N) is 1. The summed E-state index contributed by atoms with van der Waals surface area (Å²) in [7, 11) is -3.41. The lowest BCUT2D eigenvalue weighted by molar-refractivity contribution is 0.575. The van der Waals surface area contributed by atoms with E-state index in [1.54, 1.807) is 6.92 Å². The average molecular weight is 243 g/mol. The fourth-order valence-corrected chi connectivity index (χ4v) is 3.69. The van der Waals surface area contributed by atoms with Crippen molar-refractivity contribution >= 4 is 9.84 Å². The van der Waals surface area contributed by atoms with Crippen molar-refractivity contribution in [3.8, 4) is 0 Å². The predicted molar refractivity (Wildman–Crippen MR) is 59.3 cm³/mol. The summed E-state index contributed by atoms with van der Waals surface area (Å²) >= 11 is 0. The molecule has 0 unspecified atom stereocenters. The van der Waals surface area contributed by atoms with Crippen LogP contribution in [0.25, 0.3) is 0 Å². The van der Waals surface area contributed by atoms with Crippen LogP contribution in [0.1, 0.15) is 18.4 Å². The Kier molecular flexibility index (Phi) is 2.55. The number of halogens is 1. The van der Waals surface area contributed by atoms with Crippen molar-refractivity contribution in [2.24, 2.45) is 5.73 Å². The number of benzene rings is 1. The highest BCUT2D eigenvalue weighted by atomic mass is 32.2. The van der Waals surface area contributed by atoms with Crippen LogP contribution in [0.15, 0.2) is 23.1 Å². The van der Waals surface area contributed by atoms with E-state index in [0.29, 0.717) is 18.4 Å². The Morgan fingerprint density at radius 3 is 2.50 bits per heavy atom. The van der Waals surface area contributed by atoms with E-state index >= 15 is 0 Å². The molecule has 1 aromatic carbocycles. The van der Waals surface area contributed by atoms with Gasteiger partial charge in [0, 0.05) is 6.54 Å². The van der Waals surface area contributed by atoms with Gasteiger partial charge in [-0.1, -0.05) is 0 Å². The number of sulfone groups is 1. The monoisotopic (exact) mass is 243 g/mol. The molecule has 1 aliphatic carbocycles. The van der Waals surface area contributed by atoms with Crippen LogP contribution in [0.5, 0.6) is 0 Å². The van der Waals surface area contributed by atoms with Crippen molar-refractivity contribution in [1.82, 2.24) is 0 Å². The van der Waals surface area contributed by atoms with E-state index in [4.69, 9.17) is 5.73 Å². The minimum Gasteiger partial charge on any atom is -0.329 e. The number of aryl methyl sites for hydroxylation is 1. The van der Waals surface area contributed by atoms with E-state index in [9.17, 15) is 12.8 Å².